The average molecular weight is 341 g/mol. The second-order valence-corrected chi connectivity index (χ2v) is 7.26. The van der Waals surface area contributed by atoms with Gasteiger partial charge in [-0.1, -0.05) is 56.0 Å². The minimum atomic E-state index is -0.281. The lowest BCUT2D eigenvalue weighted by Crippen LogP contribution is -2.28. The lowest BCUT2D eigenvalue weighted by molar-refractivity contribution is 0.491. The first kappa shape index (κ1) is 17.6. The Kier molecular flexibility index (Phi) is 5.79. The van der Waals surface area contributed by atoms with Crippen LogP contribution in [0, 0.1) is 5.92 Å². The van der Waals surface area contributed by atoms with E-state index in [2.05, 4.69) is 38.0 Å². The molecule has 0 radical (unpaired) electrons. The van der Waals surface area contributed by atoms with E-state index in [4.69, 9.17) is 23.2 Å². The van der Waals surface area contributed by atoms with E-state index in [1.54, 1.807) is 6.20 Å². The fraction of sp³-hybridized carbons (Fsp3) is 0.611. The second-order valence-electron chi connectivity index (χ2n) is 6.44. The summed E-state index contributed by atoms with van der Waals surface area (Å²) >= 11 is 13.0. The summed E-state index contributed by atoms with van der Waals surface area (Å²) in [6.45, 7) is 6.65. The largest absolute Gasteiger partial charge is 0.270 e. The molecule has 0 spiro atoms. The summed E-state index contributed by atoms with van der Waals surface area (Å²) in [5.41, 5.74) is 2.10. The first-order valence-electron chi connectivity index (χ1n) is 8.19. The lowest BCUT2D eigenvalue weighted by Gasteiger charge is -2.33. The molecule has 0 saturated heterocycles. The SMILES string of the molecule is CCCCC(CC)C1=CCC(C)(c2c(Cl)cnn2C)C(Cl)=C1. The highest BCUT2D eigenvalue weighted by molar-refractivity contribution is 6.33. The molecular formula is C18H26Cl2N2. The Bertz CT molecular complexity index is 566. The Labute approximate surface area is 144 Å². The van der Waals surface area contributed by atoms with Crippen LogP contribution in [-0.4, -0.2) is 9.78 Å². The molecule has 0 fully saturated rings. The van der Waals surface area contributed by atoms with Crippen LogP contribution in [0.2, 0.25) is 5.02 Å². The fourth-order valence-electron chi connectivity index (χ4n) is 3.37. The number of aromatic nitrogens is 2. The van der Waals surface area contributed by atoms with Crippen molar-refractivity contribution in [1.29, 1.82) is 0 Å². The molecule has 1 heterocycles. The Hall–Kier alpha value is -0.730. The summed E-state index contributed by atoms with van der Waals surface area (Å²) in [6.07, 6.45) is 12.0. The van der Waals surface area contributed by atoms with Gasteiger partial charge in [0, 0.05) is 12.1 Å². The van der Waals surface area contributed by atoms with Gasteiger partial charge in [-0.25, -0.2) is 0 Å². The van der Waals surface area contributed by atoms with Crippen LogP contribution < -0.4 is 0 Å². The Morgan fingerprint density at radius 2 is 2.09 bits per heavy atom. The van der Waals surface area contributed by atoms with Crippen LogP contribution in [0.5, 0.6) is 0 Å². The maximum atomic E-state index is 6.71. The van der Waals surface area contributed by atoms with Crippen molar-refractivity contribution in [2.24, 2.45) is 13.0 Å². The van der Waals surface area contributed by atoms with Crippen LogP contribution >= 0.6 is 23.2 Å². The van der Waals surface area contributed by atoms with Gasteiger partial charge < -0.3 is 0 Å². The monoisotopic (exact) mass is 340 g/mol. The first-order chi connectivity index (χ1) is 10.4. The van der Waals surface area contributed by atoms with Gasteiger partial charge in [0.25, 0.3) is 0 Å². The first-order valence-corrected chi connectivity index (χ1v) is 8.95. The molecule has 2 atom stereocenters. The van der Waals surface area contributed by atoms with Gasteiger partial charge in [0.2, 0.25) is 0 Å². The normalized spacial score (nSPS) is 23.2. The summed E-state index contributed by atoms with van der Waals surface area (Å²) in [7, 11) is 1.92. The summed E-state index contributed by atoms with van der Waals surface area (Å²) in [5, 5.41) is 5.81. The number of halogens is 2. The second kappa shape index (κ2) is 7.23. The third-order valence-electron chi connectivity index (χ3n) is 4.85. The van der Waals surface area contributed by atoms with Crippen LogP contribution in [0.1, 0.15) is 58.6 Å². The molecule has 1 aromatic rings. The van der Waals surface area contributed by atoms with Crippen molar-refractivity contribution in [3.63, 3.8) is 0 Å². The van der Waals surface area contributed by atoms with Crippen LogP contribution in [0.25, 0.3) is 0 Å². The summed E-state index contributed by atoms with van der Waals surface area (Å²) in [6, 6.07) is 0. The van der Waals surface area contributed by atoms with Crippen LogP contribution in [0.15, 0.2) is 29.0 Å². The van der Waals surface area contributed by atoms with Gasteiger partial charge in [-0.05, 0) is 43.8 Å². The minimum Gasteiger partial charge on any atom is -0.270 e. The van der Waals surface area contributed by atoms with Gasteiger partial charge >= 0.3 is 0 Å². The lowest BCUT2D eigenvalue weighted by atomic mass is 9.76. The van der Waals surface area contributed by atoms with Crippen molar-refractivity contribution >= 4 is 23.2 Å². The fourth-order valence-corrected chi connectivity index (χ4v) is 4.03. The molecule has 0 aliphatic heterocycles. The van der Waals surface area contributed by atoms with Crippen molar-refractivity contribution in [3.05, 3.63) is 39.7 Å². The Morgan fingerprint density at radius 3 is 2.59 bits per heavy atom. The summed E-state index contributed by atoms with van der Waals surface area (Å²) < 4.78 is 1.84. The van der Waals surface area contributed by atoms with E-state index in [9.17, 15) is 0 Å². The van der Waals surface area contributed by atoms with Crippen molar-refractivity contribution in [2.45, 2.75) is 58.3 Å². The number of allylic oxidation sites excluding steroid dienone is 4. The number of rotatable bonds is 6. The number of aryl methyl sites for hydroxylation is 1. The number of hydrogen-bond donors (Lipinski definition) is 0. The van der Waals surface area contributed by atoms with Gasteiger partial charge in [-0.2, -0.15) is 5.10 Å². The van der Waals surface area contributed by atoms with Crippen molar-refractivity contribution < 1.29 is 0 Å². The zero-order valence-electron chi connectivity index (χ0n) is 14.0. The van der Waals surface area contributed by atoms with E-state index in [0.29, 0.717) is 10.9 Å². The highest BCUT2D eigenvalue weighted by atomic mass is 35.5. The Morgan fingerprint density at radius 1 is 1.36 bits per heavy atom. The van der Waals surface area contributed by atoms with Crippen LogP contribution in [-0.2, 0) is 12.5 Å². The van der Waals surface area contributed by atoms with E-state index >= 15 is 0 Å². The maximum Gasteiger partial charge on any atom is 0.0827 e. The third kappa shape index (κ3) is 3.28. The zero-order chi connectivity index (χ0) is 16.3. The molecule has 0 bridgehead atoms. The number of hydrogen-bond acceptors (Lipinski definition) is 1. The molecule has 1 aromatic heterocycles. The predicted molar refractivity (Wildman–Crippen MR) is 95.5 cm³/mol. The molecule has 2 nitrogen and oxygen atoms in total. The molecule has 1 aliphatic rings. The quantitative estimate of drug-likeness (QED) is 0.620. The van der Waals surface area contributed by atoms with Crippen LogP contribution in [0.3, 0.4) is 0 Å². The summed E-state index contributed by atoms with van der Waals surface area (Å²) in [5.74, 6) is 0.611. The van der Waals surface area contributed by atoms with Crippen molar-refractivity contribution in [1.82, 2.24) is 9.78 Å². The standard InChI is InChI=1S/C18H26Cl2N2/c1-5-7-8-13(6-2)14-9-10-18(3,16(20)11-14)17-15(19)12-21-22(17)4/h9,11-13H,5-8,10H2,1-4H3. The van der Waals surface area contributed by atoms with E-state index in [0.717, 1.165) is 23.6 Å². The third-order valence-corrected chi connectivity index (χ3v) is 5.66. The molecule has 0 amide bonds. The van der Waals surface area contributed by atoms with Gasteiger partial charge in [0.1, 0.15) is 0 Å². The molecule has 22 heavy (non-hydrogen) atoms. The van der Waals surface area contributed by atoms with Gasteiger partial charge in [0.15, 0.2) is 0 Å². The molecule has 0 saturated carbocycles. The zero-order valence-corrected chi connectivity index (χ0v) is 15.5. The van der Waals surface area contributed by atoms with Gasteiger partial charge in [-0.15, -0.1) is 0 Å². The Balaban J connectivity index is 2.27. The van der Waals surface area contributed by atoms with E-state index in [1.165, 1.54) is 24.8 Å². The van der Waals surface area contributed by atoms with Crippen molar-refractivity contribution in [3.8, 4) is 0 Å². The summed E-state index contributed by atoms with van der Waals surface area (Å²) in [4.78, 5) is 0. The van der Waals surface area contributed by atoms with Crippen LogP contribution in [0.4, 0.5) is 0 Å². The molecule has 1 aliphatic carbocycles. The minimum absolute atomic E-state index is 0.281. The van der Waals surface area contributed by atoms with E-state index in [1.807, 2.05) is 11.7 Å². The van der Waals surface area contributed by atoms with E-state index in [-0.39, 0.29) is 5.41 Å². The van der Waals surface area contributed by atoms with Gasteiger partial charge in [0.05, 0.1) is 22.3 Å². The molecule has 0 N–H and O–H groups in total. The predicted octanol–water partition coefficient (Wildman–Crippen LogP) is 6.00. The topological polar surface area (TPSA) is 17.8 Å². The van der Waals surface area contributed by atoms with Gasteiger partial charge in [-0.3, -0.25) is 4.68 Å². The molecular weight excluding hydrogens is 315 g/mol. The highest BCUT2D eigenvalue weighted by Crippen LogP contribution is 2.45. The molecule has 4 heteroatoms. The maximum absolute atomic E-state index is 6.71. The smallest absolute Gasteiger partial charge is 0.0827 e. The highest BCUT2D eigenvalue weighted by Gasteiger charge is 2.37. The number of nitrogens with zero attached hydrogens (tertiary/aromatic N) is 2. The number of unbranched alkanes of at least 4 members (excludes halogenated alkanes) is 1. The molecule has 0 aromatic carbocycles. The van der Waals surface area contributed by atoms with E-state index < -0.39 is 0 Å². The molecule has 2 rings (SSSR count). The molecule has 2 unspecified atom stereocenters. The average Bonchev–Trinajstić information content (AvgIpc) is 2.83. The van der Waals surface area contributed by atoms with Crippen molar-refractivity contribution in [2.75, 3.05) is 0 Å². The molecule has 122 valence electrons.